The van der Waals surface area contributed by atoms with Crippen LogP contribution in [0.15, 0.2) is 11.7 Å². The molecule has 0 bridgehead atoms. The number of thiazole rings is 1. The lowest BCUT2D eigenvalue weighted by atomic mass is 9.91. The Morgan fingerprint density at radius 3 is 3.27 bits per heavy atom. The number of carbonyl (C=O) groups is 1. The first-order valence-corrected chi connectivity index (χ1v) is 6.28. The van der Waals surface area contributed by atoms with Crippen molar-refractivity contribution in [3.8, 4) is 0 Å². The topological polar surface area (TPSA) is 42.0 Å². The van der Waals surface area contributed by atoms with Crippen molar-refractivity contribution in [3.63, 3.8) is 0 Å². The summed E-state index contributed by atoms with van der Waals surface area (Å²) < 4.78 is 0. The Labute approximate surface area is 93.9 Å². The zero-order valence-corrected chi connectivity index (χ0v) is 9.72. The molecule has 82 valence electrons. The van der Waals surface area contributed by atoms with Crippen molar-refractivity contribution in [2.45, 2.75) is 32.2 Å². The van der Waals surface area contributed by atoms with Crippen LogP contribution in [0.25, 0.3) is 0 Å². The molecule has 0 aromatic carbocycles. The minimum Gasteiger partial charge on any atom is -0.314 e. The number of carbonyl (C=O) groups excluding carboxylic acids is 1. The third kappa shape index (κ3) is 2.86. The molecule has 0 aliphatic carbocycles. The van der Waals surface area contributed by atoms with Crippen LogP contribution in [0.3, 0.4) is 0 Å². The van der Waals surface area contributed by atoms with E-state index in [9.17, 15) is 4.79 Å². The van der Waals surface area contributed by atoms with Gasteiger partial charge in [-0.1, -0.05) is 6.92 Å². The van der Waals surface area contributed by atoms with E-state index in [2.05, 4.69) is 17.2 Å². The van der Waals surface area contributed by atoms with Gasteiger partial charge in [-0.2, -0.15) is 0 Å². The molecule has 0 amide bonds. The average Bonchev–Trinajstić information content (AvgIpc) is 2.70. The van der Waals surface area contributed by atoms with E-state index in [1.807, 2.05) is 0 Å². The summed E-state index contributed by atoms with van der Waals surface area (Å²) in [7, 11) is 0. The maximum absolute atomic E-state index is 11.8. The first kappa shape index (κ1) is 10.8. The van der Waals surface area contributed by atoms with Gasteiger partial charge in [-0.3, -0.25) is 9.78 Å². The SMILES string of the molecule is CC1CCNC(CC(=O)c2cncs2)C1. The van der Waals surface area contributed by atoms with Gasteiger partial charge in [0.15, 0.2) is 5.78 Å². The predicted octanol–water partition coefficient (Wildman–Crippen LogP) is 2.10. The molecule has 1 aromatic rings. The minimum atomic E-state index is 0.226. The van der Waals surface area contributed by atoms with Crippen molar-refractivity contribution in [2.24, 2.45) is 5.92 Å². The van der Waals surface area contributed by atoms with E-state index in [0.29, 0.717) is 12.5 Å². The standard InChI is InChI=1S/C11H16N2OS/c1-8-2-3-13-9(4-8)5-10(14)11-6-12-7-15-11/h6-9,13H,2-5H2,1H3. The Morgan fingerprint density at radius 1 is 1.73 bits per heavy atom. The molecule has 4 heteroatoms. The summed E-state index contributed by atoms with van der Waals surface area (Å²) >= 11 is 1.43. The maximum atomic E-state index is 11.8. The number of hydrogen-bond acceptors (Lipinski definition) is 4. The largest absolute Gasteiger partial charge is 0.314 e. The number of hydrogen-bond donors (Lipinski definition) is 1. The summed E-state index contributed by atoms with van der Waals surface area (Å²) in [4.78, 5) is 16.5. The molecular weight excluding hydrogens is 208 g/mol. The van der Waals surface area contributed by atoms with E-state index >= 15 is 0 Å². The molecule has 1 saturated heterocycles. The Balaban J connectivity index is 1.89. The van der Waals surface area contributed by atoms with Gasteiger partial charge in [-0.15, -0.1) is 11.3 Å². The summed E-state index contributed by atoms with van der Waals surface area (Å²) in [6.45, 7) is 3.30. The van der Waals surface area contributed by atoms with Gasteiger partial charge in [0.1, 0.15) is 0 Å². The molecule has 2 atom stereocenters. The Morgan fingerprint density at radius 2 is 2.60 bits per heavy atom. The Bertz CT molecular complexity index is 323. The van der Waals surface area contributed by atoms with Crippen LogP contribution in [0.5, 0.6) is 0 Å². The number of nitrogens with one attached hydrogen (secondary N) is 1. The third-order valence-corrected chi connectivity index (χ3v) is 3.71. The lowest BCUT2D eigenvalue weighted by Crippen LogP contribution is -2.38. The second-order valence-electron chi connectivity index (χ2n) is 4.27. The van der Waals surface area contributed by atoms with E-state index in [-0.39, 0.29) is 5.78 Å². The van der Waals surface area contributed by atoms with Gasteiger partial charge >= 0.3 is 0 Å². The molecule has 1 aliphatic heterocycles. The number of rotatable bonds is 3. The van der Waals surface area contributed by atoms with Crippen LogP contribution < -0.4 is 5.32 Å². The normalized spacial score (nSPS) is 26.5. The van der Waals surface area contributed by atoms with Crippen LogP contribution in [0.4, 0.5) is 0 Å². The fourth-order valence-electron chi connectivity index (χ4n) is 2.05. The van der Waals surface area contributed by atoms with Crippen molar-refractivity contribution in [1.82, 2.24) is 10.3 Å². The van der Waals surface area contributed by atoms with Gasteiger partial charge in [0, 0.05) is 18.7 Å². The van der Waals surface area contributed by atoms with Gasteiger partial charge in [-0.25, -0.2) is 0 Å². The lowest BCUT2D eigenvalue weighted by Gasteiger charge is -2.27. The lowest BCUT2D eigenvalue weighted by molar-refractivity contribution is 0.0962. The fraction of sp³-hybridized carbons (Fsp3) is 0.636. The highest BCUT2D eigenvalue weighted by Crippen LogP contribution is 2.19. The van der Waals surface area contributed by atoms with Crippen molar-refractivity contribution >= 4 is 17.1 Å². The smallest absolute Gasteiger partial charge is 0.175 e. The molecule has 0 saturated carbocycles. The first-order chi connectivity index (χ1) is 7.25. The fourth-order valence-corrected chi connectivity index (χ4v) is 2.63. The number of nitrogens with zero attached hydrogens (tertiary/aromatic N) is 1. The molecular formula is C11H16N2OS. The summed E-state index contributed by atoms with van der Waals surface area (Å²) in [6.07, 6.45) is 4.63. The molecule has 1 aliphatic rings. The highest BCUT2D eigenvalue weighted by Gasteiger charge is 2.21. The molecule has 1 N–H and O–H groups in total. The van der Waals surface area contributed by atoms with E-state index in [1.165, 1.54) is 17.8 Å². The molecule has 3 nitrogen and oxygen atoms in total. The molecule has 2 rings (SSSR count). The van der Waals surface area contributed by atoms with E-state index in [1.54, 1.807) is 11.7 Å². The maximum Gasteiger partial charge on any atom is 0.175 e. The number of Topliss-reactive ketones (excluding diaryl/α,β-unsaturated/α-hetero) is 1. The molecule has 2 unspecified atom stereocenters. The Hall–Kier alpha value is -0.740. The molecule has 2 heterocycles. The van der Waals surface area contributed by atoms with Crippen LogP contribution in [-0.4, -0.2) is 23.4 Å². The second-order valence-corrected chi connectivity index (χ2v) is 5.16. The molecule has 1 fully saturated rings. The summed E-state index contributed by atoms with van der Waals surface area (Å²) in [5, 5.41) is 3.41. The number of ketones is 1. The van der Waals surface area contributed by atoms with Crippen LogP contribution in [0.2, 0.25) is 0 Å². The van der Waals surface area contributed by atoms with Gasteiger partial charge in [0.05, 0.1) is 10.4 Å². The van der Waals surface area contributed by atoms with E-state index < -0.39 is 0 Å². The van der Waals surface area contributed by atoms with E-state index in [4.69, 9.17) is 0 Å². The number of aromatic nitrogens is 1. The van der Waals surface area contributed by atoms with Crippen molar-refractivity contribution in [1.29, 1.82) is 0 Å². The van der Waals surface area contributed by atoms with Crippen LogP contribution >= 0.6 is 11.3 Å². The molecule has 0 spiro atoms. The molecule has 15 heavy (non-hydrogen) atoms. The highest BCUT2D eigenvalue weighted by atomic mass is 32.1. The predicted molar refractivity (Wildman–Crippen MR) is 61.3 cm³/mol. The zero-order valence-electron chi connectivity index (χ0n) is 8.90. The summed E-state index contributed by atoms with van der Waals surface area (Å²) in [6, 6.07) is 0.364. The minimum absolute atomic E-state index is 0.226. The van der Waals surface area contributed by atoms with Crippen LogP contribution in [0, 0.1) is 5.92 Å². The summed E-state index contributed by atoms with van der Waals surface area (Å²) in [5.41, 5.74) is 1.71. The quantitative estimate of drug-likeness (QED) is 0.799. The molecule has 1 aromatic heterocycles. The first-order valence-electron chi connectivity index (χ1n) is 5.41. The van der Waals surface area contributed by atoms with Gasteiger partial charge in [-0.05, 0) is 25.3 Å². The van der Waals surface area contributed by atoms with Gasteiger partial charge in [0.2, 0.25) is 0 Å². The van der Waals surface area contributed by atoms with Crippen molar-refractivity contribution in [2.75, 3.05) is 6.54 Å². The van der Waals surface area contributed by atoms with Gasteiger partial charge in [0.25, 0.3) is 0 Å². The van der Waals surface area contributed by atoms with Gasteiger partial charge < -0.3 is 5.32 Å². The third-order valence-electron chi connectivity index (χ3n) is 2.90. The second kappa shape index (κ2) is 4.86. The van der Waals surface area contributed by atoms with Crippen LogP contribution in [-0.2, 0) is 0 Å². The zero-order chi connectivity index (χ0) is 10.7. The Kier molecular flexibility index (Phi) is 3.49. The summed E-state index contributed by atoms with van der Waals surface area (Å²) in [5.74, 6) is 0.967. The monoisotopic (exact) mass is 224 g/mol. The van der Waals surface area contributed by atoms with E-state index in [0.717, 1.165) is 23.8 Å². The number of piperidine rings is 1. The van der Waals surface area contributed by atoms with Crippen molar-refractivity contribution < 1.29 is 4.79 Å². The van der Waals surface area contributed by atoms with Crippen LogP contribution in [0.1, 0.15) is 35.9 Å². The highest BCUT2D eigenvalue weighted by molar-refractivity contribution is 7.11. The van der Waals surface area contributed by atoms with Crippen molar-refractivity contribution in [3.05, 3.63) is 16.6 Å². The average molecular weight is 224 g/mol. The molecule has 0 radical (unpaired) electrons.